The molecule has 0 aromatic heterocycles. The molecule has 0 radical (unpaired) electrons. The lowest BCUT2D eigenvalue weighted by Crippen LogP contribution is -2.67. The van der Waals surface area contributed by atoms with Crippen LogP contribution in [0, 0.1) is 0 Å². The predicted molar refractivity (Wildman–Crippen MR) is 78.8 cm³/mol. The summed E-state index contributed by atoms with van der Waals surface area (Å²) in [5.41, 5.74) is 0. The lowest BCUT2D eigenvalue weighted by atomic mass is 9.95. The zero-order valence-corrected chi connectivity index (χ0v) is 13.8. The van der Waals surface area contributed by atoms with Crippen LogP contribution < -0.4 is 5.32 Å². The van der Waals surface area contributed by atoms with Crippen LogP contribution in [0.25, 0.3) is 0 Å². The topological polar surface area (TPSA) is 178 Å². The lowest BCUT2D eigenvalue weighted by Gasteiger charge is -2.46. The highest BCUT2D eigenvalue weighted by molar-refractivity contribution is 5.73. The molecule has 0 bridgehead atoms. The smallest absolute Gasteiger partial charge is 0.217 e. The van der Waals surface area contributed by atoms with Crippen LogP contribution in [0.2, 0.25) is 0 Å². The largest absolute Gasteiger partial charge is 0.394 e. The molecular formula is C14H25NO10. The van der Waals surface area contributed by atoms with Gasteiger partial charge in [-0.25, -0.2) is 0 Å². The summed E-state index contributed by atoms with van der Waals surface area (Å²) >= 11 is 0. The molecule has 11 heteroatoms. The zero-order valence-electron chi connectivity index (χ0n) is 13.8. The van der Waals surface area contributed by atoms with Crippen LogP contribution in [-0.2, 0) is 19.0 Å². The predicted octanol–water partition coefficient (Wildman–Crippen LogP) is -4.23. The Labute approximate surface area is 143 Å². The van der Waals surface area contributed by atoms with E-state index in [1.54, 1.807) is 0 Å². The van der Waals surface area contributed by atoms with Crippen molar-refractivity contribution in [3.05, 3.63) is 0 Å². The second-order valence-corrected chi connectivity index (χ2v) is 6.25. The Kier molecular flexibility index (Phi) is 6.70. The van der Waals surface area contributed by atoms with Crippen molar-refractivity contribution < 1.29 is 49.6 Å². The van der Waals surface area contributed by atoms with E-state index in [0.717, 1.165) is 0 Å². The van der Waals surface area contributed by atoms with E-state index in [1.165, 1.54) is 13.8 Å². The van der Waals surface area contributed by atoms with E-state index in [9.17, 15) is 35.4 Å². The average molecular weight is 367 g/mol. The Morgan fingerprint density at radius 2 is 1.68 bits per heavy atom. The summed E-state index contributed by atoms with van der Waals surface area (Å²) in [5.74, 6) is -0.537. The van der Waals surface area contributed by atoms with Gasteiger partial charge >= 0.3 is 0 Å². The van der Waals surface area contributed by atoms with Crippen molar-refractivity contribution in [1.29, 1.82) is 0 Å². The van der Waals surface area contributed by atoms with E-state index >= 15 is 0 Å². The molecule has 11 nitrogen and oxygen atoms in total. The van der Waals surface area contributed by atoms with Gasteiger partial charge in [0.15, 0.2) is 12.6 Å². The number of rotatable bonds is 4. The fourth-order valence-corrected chi connectivity index (χ4v) is 2.92. The fraction of sp³-hybridized carbons (Fsp3) is 0.929. The first-order valence-electron chi connectivity index (χ1n) is 7.92. The molecule has 0 aromatic rings. The normalized spacial score (nSPS) is 48.2. The summed E-state index contributed by atoms with van der Waals surface area (Å²) in [6, 6.07) is -1.22. The first-order valence-corrected chi connectivity index (χ1v) is 7.92. The SMILES string of the molecule is CC(=O)NC1C(O)OC(CO)C(O)C1OC1OC(C)C(O)C(O)C1O. The summed E-state index contributed by atoms with van der Waals surface area (Å²) < 4.78 is 15.8. The van der Waals surface area contributed by atoms with Gasteiger partial charge in [0.2, 0.25) is 5.91 Å². The Hall–Kier alpha value is -0.890. The summed E-state index contributed by atoms with van der Waals surface area (Å²) in [7, 11) is 0. The number of aliphatic hydroxyl groups excluding tert-OH is 6. The van der Waals surface area contributed by atoms with Crippen molar-refractivity contribution in [3.8, 4) is 0 Å². The molecule has 1 amide bonds. The van der Waals surface area contributed by atoms with Gasteiger partial charge < -0.3 is 50.2 Å². The molecule has 7 N–H and O–H groups in total. The molecule has 0 aromatic carbocycles. The molecule has 146 valence electrons. The number of amides is 1. The van der Waals surface area contributed by atoms with Crippen LogP contribution >= 0.6 is 0 Å². The molecule has 10 unspecified atom stereocenters. The van der Waals surface area contributed by atoms with Gasteiger partial charge in [-0.2, -0.15) is 0 Å². The molecule has 2 aliphatic heterocycles. The first kappa shape index (κ1) is 20.4. The molecular weight excluding hydrogens is 342 g/mol. The van der Waals surface area contributed by atoms with Gasteiger partial charge in [-0.15, -0.1) is 0 Å². The van der Waals surface area contributed by atoms with Gasteiger partial charge in [-0.1, -0.05) is 0 Å². The second-order valence-electron chi connectivity index (χ2n) is 6.25. The standard InChI is InChI=1S/C14H25NO10/c1-4-8(18)10(20)11(21)14(23-4)25-12-7(15-5(2)17)13(22)24-6(3-16)9(12)19/h4,6-14,16,18-22H,3H2,1-2H3,(H,15,17). The number of aliphatic hydroxyl groups is 6. The molecule has 0 aliphatic carbocycles. The molecule has 10 atom stereocenters. The van der Waals surface area contributed by atoms with Crippen LogP contribution in [0.1, 0.15) is 13.8 Å². The molecule has 2 heterocycles. The van der Waals surface area contributed by atoms with Gasteiger partial charge in [0, 0.05) is 6.92 Å². The Bertz CT molecular complexity index is 465. The average Bonchev–Trinajstić information content (AvgIpc) is 2.56. The van der Waals surface area contributed by atoms with Crippen LogP contribution in [0.4, 0.5) is 0 Å². The van der Waals surface area contributed by atoms with Gasteiger partial charge in [-0.05, 0) is 6.92 Å². The monoisotopic (exact) mass is 367 g/mol. The molecule has 2 rings (SSSR count). The van der Waals surface area contributed by atoms with Crippen molar-refractivity contribution >= 4 is 5.91 Å². The van der Waals surface area contributed by atoms with Gasteiger partial charge in [0.25, 0.3) is 0 Å². The molecule has 2 aliphatic rings. The van der Waals surface area contributed by atoms with Crippen molar-refractivity contribution in [2.75, 3.05) is 6.61 Å². The van der Waals surface area contributed by atoms with Gasteiger partial charge in [0.05, 0.1) is 12.7 Å². The molecule has 25 heavy (non-hydrogen) atoms. The first-order chi connectivity index (χ1) is 11.7. The highest BCUT2D eigenvalue weighted by Crippen LogP contribution is 2.28. The highest BCUT2D eigenvalue weighted by Gasteiger charge is 2.50. The quantitative estimate of drug-likeness (QED) is 0.257. The fourth-order valence-electron chi connectivity index (χ4n) is 2.92. The number of carbonyl (C=O) groups is 1. The molecule has 0 spiro atoms. The molecule has 2 saturated heterocycles. The van der Waals surface area contributed by atoms with E-state index in [1.807, 2.05) is 0 Å². The number of hydrogen-bond acceptors (Lipinski definition) is 10. The maximum Gasteiger partial charge on any atom is 0.217 e. The summed E-state index contributed by atoms with van der Waals surface area (Å²) in [6.07, 6.45) is -12.4. The van der Waals surface area contributed by atoms with Crippen LogP contribution in [-0.4, -0.2) is 105 Å². The Balaban J connectivity index is 2.20. The third kappa shape index (κ3) is 4.27. The molecule has 2 fully saturated rings. The van der Waals surface area contributed by atoms with Crippen LogP contribution in [0.15, 0.2) is 0 Å². The van der Waals surface area contributed by atoms with E-state index in [-0.39, 0.29) is 0 Å². The summed E-state index contributed by atoms with van der Waals surface area (Å²) in [5, 5.41) is 61.5. The van der Waals surface area contributed by atoms with Crippen LogP contribution in [0.5, 0.6) is 0 Å². The minimum absolute atomic E-state index is 0.537. The number of ether oxygens (including phenoxy) is 3. The maximum absolute atomic E-state index is 11.3. The highest BCUT2D eigenvalue weighted by atomic mass is 16.7. The summed E-state index contributed by atoms with van der Waals surface area (Å²) in [6.45, 7) is 2.01. The second kappa shape index (κ2) is 8.20. The molecule has 0 saturated carbocycles. The van der Waals surface area contributed by atoms with Crippen molar-refractivity contribution in [1.82, 2.24) is 5.32 Å². The Morgan fingerprint density at radius 3 is 2.24 bits per heavy atom. The minimum Gasteiger partial charge on any atom is -0.394 e. The van der Waals surface area contributed by atoms with Crippen molar-refractivity contribution in [2.45, 2.75) is 75.2 Å². The number of carbonyl (C=O) groups excluding carboxylic acids is 1. The zero-order chi connectivity index (χ0) is 18.9. The van der Waals surface area contributed by atoms with E-state index in [4.69, 9.17) is 14.2 Å². The summed E-state index contributed by atoms with van der Waals surface area (Å²) in [4.78, 5) is 11.3. The number of nitrogens with one attached hydrogen (secondary N) is 1. The van der Waals surface area contributed by atoms with Crippen molar-refractivity contribution in [2.24, 2.45) is 0 Å². The Morgan fingerprint density at radius 1 is 1.04 bits per heavy atom. The maximum atomic E-state index is 11.3. The van der Waals surface area contributed by atoms with E-state index in [0.29, 0.717) is 0 Å². The minimum atomic E-state index is -1.64. The lowest BCUT2D eigenvalue weighted by molar-refractivity contribution is -0.337. The van der Waals surface area contributed by atoms with E-state index in [2.05, 4.69) is 5.32 Å². The van der Waals surface area contributed by atoms with Crippen molar-refractivity contribution in [3.63, 3.8) is 0 Å². The van der Waals surface area contributed by atoms with Gasteiger partial charge in [0.1, 0.15) is 42.7 Å². The third-order valence-corrected chi connectivity index (χ3v) is 4.34. The third-order valence-electron chi connectivity index (χ3n) is 4.34. The van der Waals surface area contributed by atoms with E-state index < -0.39 is 73.9 Å². The van der Waals surface area contributed by atoms with Gasteiger partial charge in [-0.3, -0.25) is 4.79 Å². The number of hydrogen-bond donors (Lipinski definition) is 7. The van der Waals surface area contributed by atoms with Crippen LogP contribution in [0.3, 0.4) is 0 Å².